The first-order chi connectivity index (χ1) is 19.0. The number of rotatable bonds is 7. The number of H-pyrrole nitrogens is 1. The van der Waals surface area contributed by atoms with Crippen molar-refractivity contribution in [1.29, 1.82) is 0 Å². The summed E-state index contributed by atoms with van der Waals surface area (Å²) in [6.45, 7) is 4.47. The van der Waals surface area contributed by atoms with E-state index >= 15 is 0 Å². The number of nitrogens with zero attached hydrogens (tertiary/aromatic N) is 3. The summed E-state index contributed by atoms with van der Waals surface area (Å²) in [5.74, 6) is 0.300. The third-order valence-corrected chi connectivity index (χ3v) is 7.98. The molecule has 0 unspecified atom stereocenters. The summed E-state index contributed by atoms with van der Waals surface area (Å²) in [5, 5.41) is 0.632. The number of Topliss-reactive ketones (excluding diaryl/α,β-unsaturated/α-hetero) is 1. The zero-order valence-corrected chi connectivity index (χ0v) is 22.8. The van der Waals surface area contributed by atoms with Gasteiger partial charge in [0.2, 0.25) is 11.7 Å². The summed E-state index contributed by atoms with van der Waals surface area (Å²) in [4.78, 5) is 35.5. The third-order valence-electron chi connectivity index (χ3n) is 7.98. The van der Waals surface area contributed by atoms with Crippen LogP contribution in [-0.2, 0) is 11.2 Å². The molecule has 1 aliphatic carbocycles. The van der Waals surface area contributed by atoms with Crippen LogP contribution in [-0.4, -0.2) is 72.2 Å². The molecule has 7 nitrogen and oxygen atoms in total. The quantitative estimate of drug-likeness (QED) is 0.254. The largest absolute Gasteiger partial charge is 0.480 e. The predicted octanol–water partition coefficient (Wildman–Crippen LogP) is 5.26. The molecule has 0 atom stereocenters. The van der Waals surface area contributed by atoms with Gasteiger partial charge in [0.15, 0.2) is 6.29 Å². The molecule has 2 aromatic heterocycles. The molecule has 1 aromatic carbocycles. The zero-order chi connectivity index (χ0) is 27.4. The first-order valence-electron chi connectivity index (χ1n) is 13.9. The Hall–Kier alpha value is -3.52. The second kappa shape index (κ2) is 12.1. The molecule has 2 aliphatic heterocycles. The van der Waals surface area contributed by atoms with Gasteiger partial charge in [0.05, 0.1) is 18.2 Å². The van der Waals surface area contributed by atoms with E-state index in [-0.39, 0.29) is 5.82 Å². The summed E-state index contributed by atoms with van der Waals surface area (Å²) >= 11 is 0. The first kappa shape index (κ1) is 27.1. The maximum Gasteiger partial charge on any atom is 0.227 e. The van der Waals surface area contributed by atoms with Crippen LogP contribution in [0, 0.1) is 11.7 Å². The number of nitrogens with one attached hydrogen (secondary N) is 1. The monoisotopic (exact) mass is 532 g/mol. The number of aromatic nitrogens is 2. The second-order valence-corrected chi connectivity index (χ2v) is 10.8. The Labute approximate surface area is 229 Å². The molecule has 1 saturated carbocycles. The number of carbonyl (C=O) groups excluding carboxylic acids is 2. The van der Waals surface area contributed by atoms with E-state index in [0.29, 0.717) is 34.7 Å². The van der Waals surface area contributed by atoms with Crippen molar-refractivity contribution in [2.24, 2.45) is 5.92 Å². The topological polar surface area (TPSA) is 78.5 Å². The fourth-order valence-corrected chi connectivity index (χ4v) is 5.70. The molecule has 206 valence electrons. The van der Waals surface area contributed by atoms with E-state index in [4.69, 9.17) is 4.74 Å². The zero-order valence-electron chi connectivity index (χ0n) is 22.8. The normalized spacial score (nSPS) is 17.6. The number of hydrogen-bond donors (Lipinski definition) is 1. The summed E-state index contributed by atoms with van der Waals surface area (Å²) in [5.41, 5.74) is 5.41. The van der Waals surface area contributed by atoms with Crippen molar-refractivity contribution in [3.05, 3.63) is 64.6 Å². The fourth-order valence-electron chi connectivity index (χ4n) is 5.70. The van der Waals surface area contributed by atoms with Crippen LogP contribution in [0.5, 0.6) is 5.88 Å². The molecule has 3 fully saturated rings. The number of aromatic amines is 1. The van der Waals surface area contributed by atoms with E-state index < -0.39 is 5.78 Å². The van der Waals surface area contributed by atoms with E-state index in [1.54, 1.807) is 7.11 Å². The number of likely N-dealkylation sites (tertiary alicyclic amines) is 2. The van der Waals surface area contributed by atoms with Crippen molar-refractivity contribution in [2.45, 2.75) is 44.9 Å². The standard InChI is InChI=1S/C26H26FN3O3.C5H11N/c1-33-26-21(13-20-22(23(32)15-31)14-28-25(20)29-26)24(18-4-5-18)30-10-8-17(9-11-30)12-16-2-6-19(27)7-3-16;1-6-4-2-3-5-6/h2-3,6-7,13-15,17H,4-5,8-12H2,1H3,(H,28,29);2-5H2,1H3. The van der Waals surface area contributed by atoms with Gasteiger partial charge in [-0.05, 0) is 100 Å². The molecule has 2 saturated heterocycles. The fraction of sp³-hybridized carbons (Fsp3) is 0.452. The Balaban J connectivity index is 0.000000455. The van der Waals surface area contributed by atoms with Crippen LogP contribution in [0.25, 0.3) is 16.7 Å². The van der Waals surface area contributed by atoms with Gasteiger partial charge in [-0.15, -0.1) is 0 Å². The van der Waals surface area contributed by atoms with E-state index in [2.05, 4.69) is 26.8 Å². The molecule has 0 radical (unpaired) electrons. The van der Waals surface area contributed by atoms with Crippen LogP contribution in [0.1, 0.15) is 60.0 Å². The minimum absolute atomic E-state index is 0.200. The summed E-state index contributed by atoms with van der Waals surface area (Å²) in [6, 6.07) is 8.74. The number of benzene rings is 1. The number of piperidine rings is 1. The molecule has 4 heterocycles. The number of hydrogen-bond acceptors (Lipinski definition) is 6. The van der Waals surface area contributed by atoms with Gasteiger partial charge in [-0.2, -0.15) is 4.98 Å². The van der Waals surface area contributed by atoms with Crippen LogP contribution in [0.15, 0.2) is 42.1 Å². The third kappa shape index (κ3) is 6.38. The van der Waals surface area contributed by atoms with Gasteiger partial charge >= 0.3 is 0 Å². The number of aldehydes is 1. The van der Waals surface area contributed by atoms with Crippen molar-refractivity contribution in [3.63, 3.8) is 0 Å². The van der Waals surface area contributed by atoms with E-state index in [0.717, 1.165) is 56.5 Å². The molecule has 3 aliphatic rings. The smallest absolute Gasteiger partial charge is 0.227 e. The van der Waals surface area contributed by atoms with Gasteiger partial charge in [-0.1, -0.05) is 12.1 Å². The van der Waals surface area contributed by atoms with Gasteiger partial charge in [0, 0.05) is 30.4 Å². The van der Waals surface area contributed by atoms with Crippen LogP contribution in [0.3, 0.4) is 0 Å². The van der Waals surface area contributed by atoms with E-state index in [9.17, 15) is 14.0 Å². The number of pyridine rings is 1. The van der Waals surface area contributed by atoms with Crippen molar-refractivity contribution in [2.75, 3.05) is 40.3 Å². The summed E-state index contributed by atoms with van der Waals surface area (Å²) in [7, 11) is 3.77. The molecule has 1 N–H and O–H groups in total. The Morgan fingerprint density at radius 1 is 1.10 bits per heavy atom. The Morgan fingerprint density at radius 2 is 1.79 bits per heavy atom. The van der Waals surface area contributed by atoms with Crippen molar-refractivity contribution in [1.82, 2.24) is 19.8 Å². The lowest BCUT2D eigenvalue weighted by molar-refractivity contribution is -0.104. The predicted molar refractivity (Wildman–Crippen MR) is 150 cm³/mol. The van der Waals surface area contributed by atoms with Crippen LogP contribution in [0.2, 0.25) is 0 Å². The van der Waals surface area contributed by atoms with Gasteiger partial charge < -0.3 is 19.5 Å². The number of fused-ring (bicyclic) bond motifs is 1. The number of allylic oxidation sites excluding steroid dienone is 1. The Bertz CT molecular complexity index is 1340. The summed E-state index contributed by atoms with van der Waals surface area (Å²) < 4.78 is 18.8. The minimum atomic E-state index is -0.568. The molecule has 0 bridgehead atoms. The van der Waals surface area contributed by atoms with Crippen molar-refractivity contribution >= 4 is 28.8 Å². The number of carbonyl (C=O) groups is 2. The highest BCUT2D eigenvalue weighted by molar-refractivity contribution is 6.36. The molecule has 6 rings (SSSR count). The van der Waals surface area contributed by atoms with Gasteiger partial charge in [-0.25, -0.2) is 4.39 Å². The SMILES string of the molecule is CN1CCCC1.COc1nc2[nH]cc(C(=O)C=O)c2cc1C(=C1CC1)N1CCC(Cc2ccc(F)cc2)CC1. The Morgan fingerprint density at radius 3 is 2.36 bits per heavy atom. The number of ether oxygens (including phenoxy) is 1. The van der Waals surface area contributed by atoms with Crippen molar-refractivity contribution in [3.8, 4) is 5.88 Å². The highest BCUT2D eigenvalue weighted by Crippen LogP contribution is 2.43. The van der Waals surface area contributed by atoms with Gasteiger partial charge in [-0.3, -0.25) is 9.59 Å². The second-order valence-electron chi connectivity index (χ2n) is 10.8. The Kier molecular flexibility index (Phi) is 8.41. The average Bonchev–Trinajstić information content (AvgIpc) is 3.52. The number of methoxy groups -OCH3 is 1. The maximum absolute atomic E-state index is 13.2. The van der Waals surface area contributed by atoms with E-state index in [1.165, 1.54) is 55.4 Å². The number of ketones is 1. The molecule has 0 spiro atoms. The number of halogens is 1. The van der Waals surface area contributed by atoms with Gasteiger partial charge in [0.25, 0.3) is 0 Å². The van der Waals surface area contributed by atoms with Gasteiger partial charge in [0.1, 0.15) is 11.5 Å². The average molecular weight is 533 g/mol. The lowest BCUT2D eigenvalue weighted by Gasteiger charge is -2.36. The highest BCUT2D eigenvalue weighted by Gasteiger charge is 2.30. The first-order valence-corrected chi connectivity index (χ1v) is 13.9. The molecular formula is C31H37FN4O3. The molecule has 3 aromatic rings. The molecule has 39 heavy (non-hydrogen) atoms. The van der Waals surface area contributed by atoms with Crippen LogP contribution >= 0.6 is 0 Å². The van der Waals surface area contributed by atoms with Crippen LogP contribution < -0.4 is 4.74 Å². The maximum atomic E-state index is 13.2. The lowest BCUT2D eigenvalue weighted by atomic mass is 9.89. The van der Waals surface area contributed by atoms with Crippen LogP contribution in [0.4, 0.5) is 4.39 Å². The minimum Gasteiger partial charge on any atom is -0.480 e. The molecular weight excluding hydrogens is 495 g/mol. The van der Waals surface area contributed by atoms with Crippen molar-refractivity contribution < 1.29 is 18.7 Å². The lowest BCUT2D eigenvalue weighted by Crippen LogP contribution is -2.33. The molecule has 0 amide bonds. The highest BCUT2D eigenvalue weighted by atomic mass is 19.1. The summed E-state index contributed by atoms with van der Waals surface area (Å²) in [6.07, 6.45) is 9.82. The van der Waals surface area contributed by atoms with E-state index in [1.807, 2.05) is 18.2 Å². The molecule has 8 heteroatoms.